The van der Waals surface area contributed by atoms with Crippen molar-refractivity contribution in [1.82, 2.24) is 5.32 Å². The first-order valence-electron chi connectivity index (χ1n) is 9.99. The van der Waals surface area contributed by atoms with Crippen LogP contribution in [0.4, 0.5) is 0 Å². The normalized spacial score (nSPS) is 13.6. The van der Waals surface area contributed by atoms with Gasteiger partial charge in [-0.3, -0.25) is 4.79 Å². The van der Waals surface area contributed by atoms with Gasteiger partial charge in [0.1, 0.15) is 0 Å². The third-order valence-corrected chi connectivity index (χ3v) is 6.01. The van der Waals surface area contributed by atoms with Crippen molar-refractivity contribution in [2.75, 3.05) is 19.8 Å². The van der Waals surface area contributed by atoms with Gasteiger partial charge in [-0.05, 0) is 75.3 Å². The number of amides is 1. The second kappa shape index (κ2) is 9.79. The maximum absolute atomic E-state index is 12.5. The van der Waals surface area contributed by atoms with Crippen LogP contribution in [-0.4, -0.2) is 25.7 Å². The van der Waals surface area contributed by atoms with Crippen molar-refractivity contribution < 1.29 is 14.3 Å². The number of hydrogen-bond acceptors (Lipinski definition) is 4. The molecule has 5 heteroatoms. The third-order valence-electron chi connectivity index (χ3n) is 4.78. The summed E-state index contributed by atoms with van der Waals surface area (Å²) < 4.78 is 11.3. The molecule has 1 aliphatic carbocycles. The highest BCUT2D eigenvalue weighted by Gasteiger charge is 2.16. The molecule has 1 aliphatic rings. The van der Waals surface area contributed by atoms with Crippen molar-refractivity contribution in [1.29, 1.82) is 0 Å². The van der Waals surface area contributed by atoms with Gasteiger partial charge in [0.2, 0.25) is 0 Å². The number of thiophene rings is 1. The van der Waals surface area contributed by atoms with Crippen LogP contribution in [0.3, 0.4) is 0 Å². The lowest BCUT2D eigenvalue weighted by Crippen LogP contribution is -2.24. The number of benzene rings is 1. The van der Waals surface area contributed by atoms with Crippen molar-refractivity contribution in [3.05, 3.63) is 45.1 Å². The molecule has 2 aromatic rings. The lowest BCUT2D eigenvalue weighted by Gasteiger charge is -2.12. The Morgan fingerprint density at radius 1 is 1.04 bits per heavy atom. The molecule has 1 heterocycles. The zero-order valence-electron chi connectivity index (χ0n) is 16.3. The lowest BCUT2D eigenvalue weighted by atomic mass is 10.1. The zero-order chi connectivity index (χ0) is 19.1. The first kappa shape index (κ1) is 19.7. The maximum Gasteiger partial charge on any atom is 0.261 e. The van der Waals surface area contributed by atoms with Gasteiger partial charge < -0.3 is 14.8 Å². The molecule has 3 rings (SSSR count). The molecule has 1 amide bonds. The van der Waals surface area contributed by atoms with E-state index in [1.165, 1.54) is 29.7 Å². The number of aryl methyl sites for hydroxylation is 2. The van der Waals surface area contributed by atoms with Gasteiger partial charge in [0, 0.05) is 11.4 Å². The Labute approximate surface area is 165 Å². The van der Waals surface area contributed by atoms with E-state index in [-0.39, 0.29) is 5.91 Å². The van der Waals surface area contributed by atoms with Gasteiger partial charge >= 0.3 is 0 Å². The summed E-state index contributed by atoms with van der Waals surface area (Å²) in [5.74, 6) is 1.58. The van der Waals surface area contributed by atoms with Crippen LogP contribution in [0.15, 0.2) is 24.3 Å². The Morgan fingerprint density at radius 2 is 1.81 bits per heavy atom. The lowest BCUT2D eigenvalue weighted by molar-refractivity contribution is 0.0958. The number of ether oxygens (including phenoxy) is 2. The molecule has 0 atom stereocenters. The molecule has 0 spiro atoms. The maximum atomic E-state index is 12.5. The Kier molecular flexibility index (Phi) is 7.16. The predicted octanol–water partition coefficient (Wildman–Crippen LogP) is 4.79. The third kappa shape index (κ3) is 5.25. The molecule has 1 N–H and O–H groups in total. The fourth-order valence-electron chi connectivity index (χ4n) is 3.44. The van der Waals surface area contributed by atoms with Crippen molar-refractivity contribution >= 4 is 17.2 Å². The molecule has 0 radical (unpaired) electrons. The van der Waals surface area contributed by atoms with E-state index in [0.717, 1.165) is 41.2 Å². The summed E-state index contributed by atoms with van der Waals surface area (Å²) in [4.78, 5) is 14.8. The topological polar surface area (TPSA) is 47.6 Å². The summed E-state index contributed by atoms with van der Waals surface area (Å²) in [5, 5.41) is 3.06. The fourth-order valence-corrected chi connectivity index (χ4v) is 4.61. The SMILES string of the molecule is CCOc1ccc(CCNC(=O)c2cc3c(s2)CCCCC3)cc1OCC. The van der Waals surface area contributed by atoms with Gasteiger partial charge in [-0.15, -0.1) is 11.3 Å². The first-order valence-corrected chi connectivity index (χ1v) is 10.8. The van der Waals surface area contributed by atoms with Crippen molar-refractivity contribution in [2.24, 2.45) is 0 Å². The average Bonchev–Trinajstić information content (AvgIpc) is 2.95. The van der Waals surface area contributed by atoms with Crippen LogP contribution in [0.25, 0.3) is 0 Å². The molecule has 4 nitrogen and oxygen atoms in total. The van der Waals surface area contributed by atoms with Crippen LogP contribution in [0, 0.1) is 0 Å². The van der Waals surface area contributed by atoms with Crippen molar-refractivity contribution in [3.8, 4) is 11.5 Å². The van der Waals surface area contributed by atoms with Gasteiger partial charge in [0.15, 0.2) is 11.5 Å². The monoisotopic (exact) mass is 387 g/mol. The largest absolute Gasteiger partial charge is 0.490 e. The molecule has 0 bridgehead atoms. The Morgan fingerprint density at radius 3 is 2.63 bits per heavy atom. The van der Waals surface area contributed by atoms with E-state index in [1.54, 1.807) is 11.3 Å². The number of nitrogens with one attached hydrogen (secondary N) is 1. The molecule has 1 aromatic heterocycles. The number of rotatable bonds is 8. The summed E-state index contributed by atoms with van der Waals surface area (Å²) in [5.41, 5.74) is 2.51. The minimum atomic E-state index is 0.0454. The first-order chi connectivity index (χ1) is 13.2. The minimum Gasteiger partial charge on any atom is -0.490 e. The van der Waals surface area contributed by atoms with Crippen LogP contribution in [0.5, 0.6) is 11.5 Å². The Hall–Kier alpha value is -2.01. The quantitative estimate of drug-likeness (QED) is 0.663. The van der Waals surface area contributed by atoms with Gasteiger partial charge in [0.25, 0.3) is 5.91 Å². The van der Waals surface area contributed by atoms with E-state index in [9.17, 15) is 4.79 Å². The molecule has 0 saturated carbocycles. The van der Waals surface area contributed by atoms with Crippen LogP contribution in [-0.2, 0) is 19.3 Å². The number of hydrogen-bond donors (Lipinski definition) is 1. The van der Waals surface area contributed by atoms with E-state index in [1.807, 2.05) is 32.0 Å². The van der Waals surface area contributed by atoms with Crippen molar-refractivity contribution in [3.63, 3.8) is 0 Å². The molecule has 146 valence electrons. The van der Waals surface area contributed by atoms with Crippen molar-refractivity contribution in [2.45, 2.75) is 52.4 Å². The summed E-state index contributed by atoms with van der Waals surface area (Å²) in [6.07, 6.45) is 6.79. The highest BCUT2D eigenvalue weighted by atomic mass is 32.1. The summed E-state index contributed by atoms with van der Waals surface area (Å²) in [6, 6.07) is 8.09. The standard InChI is InChI=1S/C22H29NO3S/c1-3-25-18-11-10-16(14-19(18)26-4-2)12-13-23-22(24)21-15-17-8-6-5-7-9-20(17)27-21/h10-11,14-15H,3-9,12-13H2,1-2H3,(H,23,24). The van der Waals surface area contributed by atoms with Crippen LogP contribution >= 0.6 is 11.3 Å². The molecule has 0 fully saturated rings. The molecule has 1 aromatic carbocycles. The number of fused-ring (bicyclic) bond motifs is 1. The number of carbonyl (C=O) groups is 1. The van der Waals surface area contributed by atoms with Crippen LogP contribution < -0.4 is 14.8 Å². The summed E-state index contributed by atoms with van der Waals surface area (Å²) >= 11 is 1.67. The molecule has 27 heavy (non-hydrogen) atoms. The van der Waals surface area contributed by atoms with E-state index >= 15 is 0 Å². The van der Waals surface area contributed by atoms with Gasteiger partial charge in [-0.2, -0.15) is 0 Å². The van der Waals surface area contributed by atoms with Gasteiger partial charge in [-0.25, -0.2) is 0 Å². The average molecular weight is 388 g/mol. The van der Waals surface area contributed by atoms with Crippen LogP contribution in [0.1, 0.15) is 58.8 Å². The van der Waals surface area contributed by atoms with E-state index in [0.29, 0.717) is 19.8 Å². The van der Waals surface area contributed by atoms with Crippen LogP contribution in [0.2, 0.25) is 0 Å². The number of carbonyl (C=O) groups excluding carboxylic acids is 1. The van der Waals surface area contributed by atoms with E-state index in [4.69, 9.17) is 9.47 Å². The van der Waals surface area contributed by atoms with Gasteiger partial charge in [0.05, 0.1) is 18.1 Å². The smallest absolute Gasteiger partial charge is 0.261 e. The summed E-state index contributed by atoms with van der Waals surface area (Å²) in [7, 11) is 0. The highest BCUT2D eigenvalue weighted by Crippen LogP contribution is 2.30. The fraction of sp³-hybridized carbons (Fsp3) is 0.500. The van der Waals surface area contributed by atoms with E-state index < -0.39 is 0 Å². The highest BCUT2D eigenvalue weighted by molar-refractivity contribution is 7.14. The molecular formula is C22H29NO3S. The second-order valence-electron chi connectivity index (χ2n) is 6.77. The molecular weight excluding hydrogens is 358 g/mol. The summed E-state index contributed by atoms with van der Waals surface area (Å²) in [6.45, 7) is 5.75. The molecule has 0 unspecified atom stereocenters. The zero-order valence-corrected chi connectivity index (χ0v) is 17.1. The Balaban J connectivity index is 1.56. The second-order valence-corrected chi connectivity index (χ2v) is 7.91. The van der Waals surface area contributed by atoms with Gasteiger partial charge in [-0.1, -0.05) is 12.5 Å². The Bertz CT molecular complexity index is 745. The van der Waals surface area contributed by atoms with E-state index in [2.05, 4.69) is 11.4 Å². The predicted molar refractivity (Wildman–Crippen MR) is 110 cm³/mol. The minimum absolute atomic E-state index is 0.0454. The molecule has 0 aliphatic heterocycles. The molecule has 0 saturated heterocycles.